The van der Waals surface area contributed by atoms with Crippen LogP contribution in [0, 0.1) is 0 Å². The van der Waals surface area contributed by atoms with Crippen LogP contribution in [0.3, 0.4) is 0 Å². The normalized spacial score (nSPS) is 25.6. The SMILES string of the molecule is O=C(NC(=O)N1CCCC1)[C@H]1CCCN1. The Hall–Kier alpha value is -1.10. The lowest BCUT2D eigenvalue weighted by molar-refractivity contribution is -0.121. The summed E-state index contributed by atoms with van der Waals surface area (Å²) in [5.74, 6) is -0.176. The molecule has 84 valence electrons. The zero-order chi connectivity index (χ0) is 10.7. The van der Waals surface area contributed by atoms with E-state index in [9.17, 15) is 9.59 Å². The number of carbonyl (C=O) groups is 2. The average Bonchev–Trinajstić information content (AvgIpc) is 2.91. The molecule has 3 amide bonds. The van der Waals surface area contributed by atoms with Gasteiger partial charge in [0.1, 0.15) is 0 Å². The molecule has 2 saturated heterocycles. The minimum Gasteiger partial charge on any atom is -0.324 e. The van der Waals surface area contributed by atoms with Crippen LogP contribution in [-0.2, 0) is 4.79 Å². The van der Waals surface area contributed by atoms with Gasteiger partial charge in [-0.3, -0.25) is 10.1 Å². The second kappa shape index (κ2) is 4.61. The van der Waals surface area contributed by atoms with Gasteiger partial charge < -0.3 is 10.2 Å². The van der Waals surface area contributed by atoms with Crippen LogP contribution in [0.1, 0.15) is 25.7 Å². The lowest BCUT2D eigenvalue weighted by Crippen LogP contribution is -2.48. The zero-order valence-corrected chi connectivity index (χ0v) is 8.79. The van der Waals surface area contributed by atoms with Crippen LogP contribution in [0.5, 0.6) is 0 Å². The highest BCUT2D eigenvalue weighted by Crippen LogP contribution is 2.08. The molecule has 0 unspecified atom stereocenters. The van der Waals surface area contributed by atoms with Gasteiger partial charge >= 0.3 is 6.03 Å². The van der Waals surface area contributed by atoms with Gasteiger partial charge in [0, 0.05) is 13.1 Å². The highest BCUT2D eigenvalue weighted by molar-refractivity contribution is 5.97. The van der Waals surface area contributed by atoms with Gasteiger partial charge in [0.2, 0.25) is 5.91 Å². The van der Waals surface area contributed by atoms with E-state index < -0.39 is 0 Å². The minimum atomic E-state index is -0.230. The van der Waals surface area contributed by atoms with Crippen LogP contribution >= 0.6 is 0 Å². The third-order valence-corrected chi connectivity index (χ3v) is 3.00. The van der Waals surface area contributed by atoms with E-state index in [-0.39, 0.29) is 18.0 Å². The van der Waals surface area contributed by atoms with Crippen molar-refractivity contribution in [2.24, 2.45) is 0 Å². The number of urea groups is 1. The third-order valence-electron chi connectivity index (χ3n) is 3.00. The average molecular weight is 211 g/mol. The zero-order valence-electron chi connectivity index (χ0n) is 8.79. The molecule has 2 heterocycles. The number of likely N-dealkylation sites (tertiary alicyclic amines) is 1. The van der Waals surface area contributed by atoms with Crippen LogP contribution in [0.4, 0.5) is 4.79 Å². The maximum atomic E-state index is 11.6. The first kappa shape index (κ1) is 10.4. The van der Waals surface area contributed by atoms with Gasteiger partial charge in [0.15, 0.2) is 0 Å². The summed E-state index contributed by atoms with van der Waals surface area (Å²) < 4.78 is 0. The molecule has 1 atom stereocenters. The molecular formula is C10H17N3O2. The van der Waals surface area contributed by atoms with Gasteiger partial charge in [-0.05, 0) is 32.2 Å². The highest BCUT2D eigenvalue weighted by atomic mass is 16.2. The maximum absolute atomic E-state index is 11.6. The van der Waals surface area contributed by atoms with Crippen molar-refractivity contribution < 1.29 is 9.59 Å². The van der Waals surface area contributed by atoms with Crippen LogP contribution in [0.2, 0.25) is 0 Å². The standard InChI is InChI=1S/C10H17N3O2/c14-9(8-4-3-5-11-8)12-10(15)13-6-1-2-7-13/h8,11H,1-7H2,(H,12,14,15)/t8-/m1/s1. The number of amides is 3. The number of hydrogen-bond acceptors (Lipinski definition) is 3. The Morgan fingerprint density at radius 3 is 2.53 bits per heavy atom. The summed E-state index contributed by atoms with van der Waals surface area (Å²) in [6.07, 6.45) is 3.93. The molecule has 0 bridgehead atoms. The van der Waals surface area contributed by atoms with Gasteiger partial charge in [-0.25, -0.2) is 4.79 Å². The Balaban J connectivity index is 1.79. The summed E-state index contributed by atoms with van der Waals surface area (Å²) in [7, 11) is 0. The first-order chi connectivity index (χ1) is 7.27. The van der Waals surface area contributed by atoms with Gasteiger partial charge in [-0.15, -0.1) is 0 Å². The molecular weight excluding hydrogens is 194 g/mol. The Kier molecular flexibility index (Phi) is 3.20. The lowest BCUT2D eigenvalue weighted by atomic mass is 10.2. The van der Waals surface area contributed by atoms with E-state index in [1.165, 1.54) is 0 Å². The number of hydrogen-bond donors (Lipinski definition) is 2. The molecule has 0 spiro atoms. The van der Waals surface area contributed by atoms with Crippen molar-refractivity contribution in [2.75, 3.05) is 19.6 Å². The predicted octanol–water partition coefficient (Wildman–Crippen LogP) is 0.0704. The fourth-order valence-electron chi connectivity index (χ4n) is 2.10. The Bertz CT molecular complexity index is 229. The smallest absolute Gasteiger partial charge is 0.324 e. The summed E-state index contributed by atoms with van der Waals surface area (Å²) in [5.41, 5.74) is 0. The van der Waals surface area contributed by atoms with Crippen molar-refractivity contribution >= 4 is 11.9 Å². The highest BCUT2D eigenvalue weighted by Gasteiger charge is 2.26. The molecule has 15 heavy (non-hydrogen) atoms. The van der Waals surface area contributed by atoms with E-state index in [0.29, 0.717) is 0 Å². The Morgan fingerprint density at radius 1 is 1.20 bits per heavy atom. The summed E-state index contributed by atoms with van der Waals surface area (Å²) in [6, 6.07) is -0.400. The Labute approximate surface area is 89.2 Å². The lowest BCUT2D eigenvalue weighted by Gasteiger charge is -2.17. The van der Waals surface area contributed by atoms with Crippen LogP contribution < -0.4 is 10.6 Å². The number of nitrogens with zero attached hydrogens (tertiary/aromatic N) is 1. The van der Waals surface area contributed by atoms with E-state index in [2.05, 4.69) is 10.6 Å². The molecule has 2 aliphatic rings. The van der Waals surface area contributed by atoms with E-state index >= 15 is 0 Å². The maximum Gasteiger partial charge on any atom is 0.324 e. The van der Waals surface area contributed by atoms with Gasteiger partial charge in [0.25, 0.3) is 0 Å². The summed E-state index contributed by atoms with van der Waals surface area (Å²) in [4.78, 5) is 24.9. The second-order valence-electron chi connectivity index (χ2n) is 4.14. The molecule has 0 saturated carbocycles. The summed E-state index contributed by atoms with van der Waals surface area (Å²) in [5, 5.41) is 5.52. The van der Waals surface area contributed by atoms with Crippen LogP contribution in [-0.4, -0.2) is 42.5 Å². The molecule has 0 aromatic rings. The molecule has 5 nitrogen and oxygen atoms in total. The van der Waals surface area contributed by atoms with Gasteiger partial charge in [-0.1, -0.05) is 0 Å². The largest absolute Gasteiger partial charge is 0.324 e. The van der Waals surface area contributed by atoms with Crippen LogP contribution in [0.15, 0.2) is 0 Å². The first-order valence-corrected chi connectivity index (χ1v) is 5.60. The monoisotopic (exact) mass is 211 g/mol. The van der Waals surface area contributed by atoms with Crippen molar-refractivity contribution in [1.82, 2.24) is 15.5 Å². The molecule has 0 aromatic heterocycles. The fourth-order valence-corrected chi connectivity index (χ4v) is 2.10. The van der Waals surface area contributed by atoms with Gasteiger partial charge in [-0.2, -0.15) is 0 Å². The summed E-state index contributed by atoms with van der Waals surface area (Å²) >= 11 is 0. The van der Waals surface area contributed by atoms with Crippen molar-refractivity contribution in [1.29, 1.82) is 0 Å². The van der Waals surface area contributed by atoms with E-state index in [0.717, 1.165) is 45.3 Å². The van der Waals surface area contributed by atoms with Crippen molar-refractivity contribution in [3.63, 3.8) is 0 Å². The second-order valence-corrected chi connectivity index (χ2v) is 4.14. The molecule has 5 heteroatoms. The quantitative estimate of drug-likeness (QED) is 0.645. The molecule has 0 aromatic carbocycles. The predicted molar refractivity (Wildman–Crippen MR) is 55.4 cm³/mol. The van der Waals surface area contributed by atoms with Crippen LogP contribution in [0.25, 0.3) is 0 Å². The summed E-state index contributed by atoms with van der Waals surface area (Å²) in [6.45, 7) is 2.42. The third kappa shape index (κ3) is 2.47. The van der Waals surface area contributed by atoms with E-state index in [1.807, 2.05) is 0 Å². The number of nitrogens with one attached hydrogen (secondary N) is 2. The Morgan fingerprint density at radius 2 is 1.93 bits per heavy atom. The first-order valence-electron chi connectivity index (χ1n) is 5.60. The van der Waals surface area contributed by atoms with Crippen molar-refractivity contribution in [2.45, 2.75) is 31.7 Å². The number of carbonyl (C=O) groups excluding carboxylic acids is 2. The van der Waals surface area contributed by atoms with E-state index in [4.69, 9.17) is 0 Å². The topological polar surface area (TPSA) is 61.4 Å². The fraction of sp³-hybridized carbons (Fsp3) is 0.800. The number of imide groups is 1. The van der Waals surface area contributed by atoms with Crippen molar-refractivity contribution in [3.8, 4) is 0 Å². The molecule has 0 aliphatic carbocycles. The number of rotatable bonds is 1. The molecule has 2 aliphatic heterocycles. The molecule has 0 radical (unpaired) electrons. The molecule has 2 fully saturated rings. The molecule has 2 rings (SSSR count). The van der Waals surface area contributed by atoms with Gasteiger partial charge in [0.05, 0.1) is 6.04 Å². The van der Waals surface area contributed by atoms with E-state index in [1.54, 1.807) is 4.90 Å². The van der Waals surface area contributed by atoms with Crippen molar-refractivity contribution in [3.05, 3.63) is 0 Å². The minimum absolute atomic E-state index is 0.170. The molecule has 2 N–H and O–H groups in total.